The number of aromatic nitrogens is 3. The molecule has 2 aromatic carbocycles. The van der Waals surface area contributed by atoms with Gasteiger partial charge in [-0.05, 0) is 37.3 Å². The van der Waals surface area contributed by atoms with Crippen LogP contribution in [-0.4, -0.2) is 52.7 Å². The molecule has 0 spiro atoms. The lowest BCUT2D eigenvalue weighted by atomic mass is 9.95. The summed E-state index contributed by atoms with van der Waals surface area (Å²) in [6.45, 7) is 1.11. The van der Waals surface area contributed by atoms with E-state index in [0.29, 0.717) is 12.3 Å². The van der Waals surface area contributed by atoms with E-state index in [1.165, 1.54) is 18.2 Å². The van der Waals surface area contributed by atoms with Crippen LogP contribution in [0.3, 0.4) is 0 Å². The van der Waals surface area contributed by atoms with E-state index >= 15 is 4.39 Å². The summed E-state index contributed by atoms with van der Waals surface area (Å²) in [6.07, 6.45) is 1.77. The van der Waals surface area contributed by atoms with Crippen LogP contribution >= 0.6 is 0 Å². The number of aromatic amines is 1. The topological polar surface area (TPSA) is 168 Å². The van der Waals surface area contributed by atoms with E-state index in [2.05, 4.69) is 15.2 Å². The van der Waals surface area contributed by atoms with Crippen LogP contribution in [0.25, 0.3) is 11.0 Å². The minimum atomic E-state index is -4.08. The van der Waals surface area contributed by atoms with E-state index < -0.39 is 56.2 Å². The predicted octanol–water partition coefficient (Wildman–Crippen LogP) is 3.00. The number of carbonyl (C=O) groups excluding carboxylic acids is 2. The highest BCUT2D eigenvalue weighted by Crippen LogP contribution is 2.31. The highest BCUT2D eigenvalue weighted by Gasteiger charge is 2.41. The molecule has 0 radical (unpaired) electrons. The fourth-order valence-corrected chi connectivity index (χ4v) is 4.08. The van der Waals surface area contributed by atoms with Gasteiger partial charge in [0.1, 0.15) is 17.2 Å². The number of pyridine rings is 1. The van der Waals surface area contributed by atoms with Crippen molar-refractivity contribution >= 4 is 44.5 Å². The number of carbonyl (C=O) groups is 3. The third kappa shape index (κ3) is 4.93. The number of rotatable bonds is 8. The summed E-state index contributed by atoms with van der Waals surface area (Å²) in [5.74, 6) is -6.25. The lowest BCUT2D eigenvalue weighted by Crippen LogP contribution is -2.37. The molecule has 0 aliphatic heterocycles. The molecular weight excluding hydrogens is 526 g/mol. The number of esters is 1. The number of halogens is 2. The quantitative estimate of drug-likeness (QED) is 0.223. The van der Waals surface area contributed by atoms with E-state index in [0.717, 1.165) is 19.2 Å². The van der Waals surface area contributed by atoms with Crippen molar-refractivity contribution < 1.29 is 41.4 Å². The van der Waals surface area contributed by atoms with Gasteiger partial charge in [-0.2, -0.15) is 5.10 Å². The molecule has 14 heteroatoms. The number of carboxylic acids is 1. The zero-order valence-electron chi connectivity index (χ0n) is 19.7. The Balaban J connectivity index is 1.78. The second-order valence-electron chi connectivity index (χ2n) is 8.27. The zero-order chi connectivity index (χ0) is 27.8. The first-order valence-corrected chi connectivity index (χ1v) is 12.6. The van der Waals surface area contributed by atoms with Crippen LogP contribution < -0.4 is 4.72 Å². The molecule has 0 aliphatic carbocycles. The molecule has 0 fully saturated rings. The lowest BCUT2D eigenvalue weighted by Gasteiger charge is -2.25. The van der Waals surface area contributed by atoms with Gasteiger partial charge in [-0.1, -0.05) is 18.2 Å². The monoisotopic (exact) mass is 544 g/mol. The maximum atomic E-state index is 15.0. The first-order chi connectivity index (χ1) is 17.8. The summed E-state index contributed by atoms with van der Waals surface area (Å²) in [5.41, 5.74) is -4.46. The zero-order valence-corrected chi connectivity index (χ0v) is 20.5. The van der Waals surface area contributed by atoms with Crippen molar-refractivity contribution in [1.82, 2.24) is 15.2 Å². The maximum absolute atomic E-state index is 15.0. The molecule has 2 heterocycles. The Kier molecular flexibility index (Phi) is 6.67. The molecule has 0 saturated heterocycles. The van der Waals surface area contributed by atoms with Gasteiger partial charge in [-0.25, -0.2) is 31.8 Å². The third-order valence-corrected chi connectivity index (χ3v) is 6.10. The number of hydrogen-bond acceptors (Lipinski definition) is 8. The molecule has 4 aromatic rings. The molecule has 38 heavy (non-hydrogen) atoms. The summed E-state index contributed by atoms with van der Waals surface area (Å²) in [6, 6.07) is 10.4. The van der Waals surface area contributed by atoms with E-state index in [9.17, 15) is 32.3 Å². The number of H-pyrrole nitrogens is 1. The highest BCUT2D eigenvalue weighted by molar-refractivity contribution is 7.92. The smallest absolute Gasteiger partial charge is 0.352 e. The molecule has 1 atom stereocenters. The Labute approximate surface area is 213 Å². The number of aliphatic carboxylic acids is 1. The molecule has 1 unspecified atom stereocenters. The summed E-state index contributed by atoms with van der Waals surface area (Å²) in [7, 11) is -4.08. The Morgan fingerprint density at radius 1 is 1.11 bits per heavy atom. The number of fused-ring (bicyclic) bond motifs is 1. The van der Waals surface area contributed by atoms with Crippen LogP contribution in [0.5, 0.6) is 0 Å². The van der Waals surface area contributed by atoms with E-state index in [1.54, 1.807) is 22.9 Å². The summed E-state index contributed by atoms with van der Waals surface area (Å²) in [5, 5.41) is 16.1. The molecule has 4 rings (SSSR count). The molecule has 11 nitrogen and oxygen atoms in total. The SMILES string of the molecule is CC(OC(=O)c1ccccc1)(C(=O)O)c1cnc2n[nH]c(C(=O)c3ccc(F)c(NS(C)(=O)=O)c3F)c2c1. The molecule has 2 aromatic heterocycles. The number of ether oxygens (including phenoxy) is 1. The predicted molar refractivity (Wildman–Crippen MR) is 129 cm³/mol. The number of hydrogen-bond donors (Lipinski definition) is 3. The molecule has 0 saturated carbocycles. The van der Waals surface area contributed by atoms with Crippen molar-refractivity contribution in [3.05, 3.63) is 88.7 Å². The Morgan fingerprint density at radius 2 is 1.79 bits per heavy atom. The van der Waals surface area contributed by atoms with Gasteiger partial charge < -0.3 is 9.84 Å². The van der Waals surface area contributed by atoms with E-state index in [4.69, 9.17) is 4.74 Å². The minimum absolute atomic E-state index is 0.0583. The van der Waals surface area contributed by atoms with Gasteiger partial charge in [-0.15, -0.1) is 0 Å². The Morgan fingerprint density at radius 3 is 2.42 bits per heavy atom. The highest BCUT2D eigenvalue weighted by atomic mass is 32.2. The van der Waals surface area contributed by atoms with Gasteiger partial charge in [0.25, 0.3) is 0 Å². The molecule has 196 valence electrons. The first-order valence-electron chi connectivity index (χ1n) is 10.7. The largest absolute Gasteiger partial charge is 0.478 e. The van der Waals surface area contributed by atoms with Crippen LogP contribution in [0.4, 0.5) is 14.5 Å². The average Bonchev–Trinajstić information content (AvgIpc) is 3.29. The maximum Gasteiger partial charge on any atom is 0.352 e. The number of nitrogens with one attached hydrogen (secondary N) is 2. The van der Waals surface area contributed by atoms with Crippen molar-refractivity contribution in [2.24, 2.45) is 0 Å². The van der Waals surface area contributed by atoms with Gasteiger partial charge in [0.2, 0.25) is 21.4 Å². The fourth-order valence-electron chi connectivity index (χ4n) is 3.52. The first kappa shape index (κ1) is 26.3. The average molecular weight is 544 g/mol. The van der Waals surface area contributed by atoms with Gasteiger partial charge in [0.05, 0.1) is 22.8 Å². The molecular formula is C24H18F2N4O7S. The number of sulfonamides is 1. The molecule has 3 N–H and O–H groups in total. The number of benzene rings is 2. The molecule has 0 bridgehead atoms. The second-order valence-corrected chi connectivity index (χ2v) is 10.0. The van der Waals surface area contributed by atoms with Gasteiger partial charge >= 0.3 is 11.9 Å². The Bertz CT molecular complexity index is 1710. The number of nitrogens with zero attached hydrogens (tertiary/aromatic N) is 2. The Hall–Kier alpha value is -4.72. The molecule has 0 aliphatic rings. The van der Waals surface area contributed by atoms with E-state index in [1.807, 2.05) is 0 Å². The van der Waals surface area contributed by atoms with Crippen LogP contribution in [0.1, 0.15) is 38.9 Å². The van der Waals surface area contributed by atoms with Gasteiger partial charge in [0.15, 0.2) is 11.5 Å². The van der Waals surface area contributed by atoms with Crippen molar-refractivity contribution in [3.63, 3.8) is 0 Å². The normalized spacial score (nSPS) is 13.1. The third-order valence-electron chi connectivity index (χ3n) is 5.53. The van der Waals surface area contributed by atoms with Crippen molar-refractivity contribution in [2.75, 3.05) is 11.0 Å². The second kappa shape index (κ2) is 9.63. The van der Waals surface area contributed by atoms with Gasteiger partial charge in [-0.3, -0.25) is 14.6 Å². The number of carboxylic acid groups (broad SMARTS) is 1. The van der Waals surface area contributed by atoms with Crippen LogP contribution in [0.15, 0.2) is 54.7 Å². The number of anilines is 1. The van der Waals surface area contributed by atoms with Crippen LogP contribution in [-0.2, 0) is 25.2 Å². The van der Waals surface area contributed by atoms with Crippen LogP contribution in [0.2, 0.25) is 0 Å². The summed E-state index contributed by atoms with van der Waals surface area (Å²) in [4.78, 5) is 42.0. The van der Waals surface area contributed by atoms with Crippen LogP contribution in [0, 0.1) is 11.6 Å². The van der Waals surface area contributed by atoms with Crippen molar-refractivity contribution in [2.45, 2.75) is 12.5 Å². The lowest BCUT2D eigenvalue weighted by molar-refractivity contribution is -0.158. The minimum Gasteiger partial charge on any atom is -0.478 e. The van der Waals surface area contributed by atoms with Crippen molar-refractivity contribution in [3.8, 4) is 0 Å². The van der Waals surface area contributed by atoms with Gasteiger partial charge in [0, 0.05) is 11.8 Å². The summed E-state index contributed by atoms with van der Waals surface area (Å²) < 4.78 is 59.1. The van der Waals surface area contributed by atoms with Crippen molar-refractivity contribution in [1.29, 1.82) is 0 Å². The molecule has 0 amide bonds. The van der Waals surface area contributed by atoms with E-state index in [-0.39, 0.29) is 27.9 Å². The number of ketones is 1. The standard InChI is InChI=1S/C24H18F2N4O7S/c1-24(23(33)34,37-22(32)12-6-4-3-5-7-12)13-10-15-18(28-29-21(15)27-11-13)20(31)14-8-9-16(25)19(17(14)26)30-38(2,35)36/h3-11,30H,1-2H3,(H,33,34)(H,27,28,29). The summed E-state index contributed by atoms with van der Waals surface area (Å²) >= 11 is 0. The fraction of sp³-hybridized carbons (Fsp3) is 0.125.